The number of aliphatic hydroxyl groups is 1. The van der Waals surface area contributed by atoms with Crippen LogP contribution in [0.1, 0.15) is 57.1 Å². The molecule has 1 saturated carbocycles. The zero-order valence-corrected chi connectivity index (χ0v) is 22.6. The molecule has 8 nitrogen and oxygen atoms in total. The predicted octanol–water partition coefficient (Wildman–Crippen LogP) is 5.20. The van der Waals surface area contributed by atoms with Crippen molar-refractivity contribution in [1.82, 2.24) is 0 Å². The van der Waals surface area contributed by atoms with E-state index in [0.717, 1.165) is 19.3 Å². The molecule has 2 aliphatic heterocycles. The van der Waals surface area contributed by atoms with E-state index >= 15 is 0 Å². The Hall–Kier alpha value is -2.98. The van der Waals surface area contributed by atoms with E-state index < -0.39 is 31.7 Å². The molecular weight excluding hydrogens is 512 g/mol. The van der Waals surface area contributed by atoms with Crippen LogP contribution in [0, 0.1) is 11.8 Å². The van der Waals surface area contributed by atoms with Crippen molar-refractivity contribution in [3.05, 3.63) is 63.4 Å². The maximum absolute atomic E-state index is 14.1. The Labute approximate surface area is 218 Å². The summed E-state index contributed by atoms with van der Waals surface area (Å²) in [7, 11) is -8.42. The number of sulfonamides is 2. The van der Waals surface area contributed by atoms with Crippen molar-refractivity contribution in [2.24, 2.45) is 11.8 Å². The van der Waals surface area contributed by atoms with Crippen LogP contribution in [0.5, 0.6) is 5.75 Å². The number of benzene rings is 2. The van der Waals surface area contributed by atoms with Crippen molar-refractivity contribution < 1.29 is 27.0 Å². The number of para-hydroxylation sites is 1. The fraction of sp³-hybridized carbons (Fsp3) is 0.407. The fourth-order valence-electron chi connectivity index (χ4n) is 6.06. The molecule has 2 aromatic carbocycles. The van der Waals surface area contributed by atoms with Gasteiger partial charge in [-0.2, -0.15) is 0 Å². The molecule has 37 heavy (non-hydrogen) atoms. The topological polar surface area (TPSA) is 115 Å². The van der Waals surface area contributed by atoms with Crippen molar-refractivity contribution in [3.63, 3.8) is 0 Å². The van der Waals surface area contributed by atoms with Gasteiger partial charge in [0.2, 0.25) is 0 Å². The number of aromatic hydroxyl groups is 1. The highest BCUT2D eigenvalue weighted by Gasteiger charge is 2.49. The minimum absolute atomic E-state index is 0.0871. The Morgan fingerprint density at radius 3 is 2.14 bits per heavy atom. The van der Waals surface area contributed by atoms with E-state index in [4.69, 9.17) is 0 Å². The molecule has 0 aromatic heterocycles. The van der Waals surface area contributed by atoms with Crippen LogP contribution >= 0.6 is 0 Å². The molecule has 1 atom stereocenters. The number of rotatable bonds is 5. The second-order valence-electron chi connectivity index (χ2n) is 9.70. The van der Waals surface area contributed by atoms with E-state index in [2.05, 4.69) is 0 Å². The fourth-order valence-corrected chi connectivity index (χ4v) is 10.0. The molecule has 3 aliphatic rings. The summed E-state index contributed by atoms with van der Waals surface area (Å²) < 4.78 is 59.0. The van der Waals surface area contributed by atoms with Gasteiger partial charge in [0.1, 0.15) is 16.4 Å². The lowest BCUT2D eigenvalue weighted by atomic mass is 9.78. The average molecular weight is 545 g/mol. The first kappa shape index (κ1) is 25.7. The molecule has 2 heterocycles. The molecule has 198 valence electrons. The molecule has 2 aromatic rings. The van der Waals surface area contributed by atoms with Crippen LogP contribution in [0.3, 0.4) is 0 Å². The zero-order valence-electron chi connectivity index (χ0n) is 21.0. The van der Waals surface area contributed by atoms with Crippen molar-refractivity contribution >= 4 is 43.3 Å². The molecule has 0 bridgehead atoms. The van der Waals surface area contributed by atoms with Crippen LogP contribution in [-0.2, 0) is 20.0 Å². The van der Waals surface area contributed by atoms with Gasteiger partial charge >= 0.3 is 0 Å². The molecule has 1 unspecified atom stereocenters. The monoisotopic (exact) mass is 544 g/mol. The molecule has 1 aliphatic carbocycles. The van der Waals surface area contributed by atoms with Gasteiger partial charge in [0.15, 0.2) is 0 Å². The first-order valence-corrected chi connectivity index (χ1v) is 15.6. The molecule has 5 rings (SSSR count). The lowest BCUT2D eigenvalue weighted by molar-refractivity contribution is 0.308. The van der Waals surface area contributed by atoms with E-state index in [1.54, 1.807) is 50.2 Å². The Bertz CT molecular complexity index is 1510. The van der Waals surface area contributed by atoms with Crippen LogP contribution in [0.25, 0.3) is 11.8 Å². The van der Waals surface area contributed by atoms with Crippen molar-refractivity contribution in [2.45, 2.75) is 46.0 Å². The van der Waals surface area contributed by atoms with E-state index in [1.807, 2.05) is 0 Å². The minimum Gasteiger partial charge on any atom is -0.507 e. The lowest BCUT2D eigenvalue weighted by Gasteiger charge is -2.40. The van der Waals surface area contributed by atoms with Crippen LogP contribution in [0.15, 0.2) is 52.3 Å². The number of fused-ring (bicyclic) bond motifs is 2. The van der Waals surface area contributed by atoms with E-state index in [1.165, 1.54) is 20.8 Å². The number of nitrogens with zero attached hydrogens (tertiary/aromatic N) is 2. The highest BCUT2D eigenvalue weighted by Crippen LogP contribution is 2.51. The summed E-state index contributed by atoms with van der Waals surface area (Å²) in [5.41, 5.74) is 1.40. The number of hydrogen-bond donors (Lipinski definition) is 2. The summed E-state index contributed by atoms with van der Waals surface area (Å²) >= 11 is 0. The normalized spacial score (nSPS) is 21.7. The number of aliphatic hydroxyl groups excluding tert-OH is 1. The molecule has 0 radical (unpaired) electrons. The lowest BCUT2D eigenvalue weighted by Crippen LogP contribution is -2.43. The highest BCUT2D eigenvalue weighted by molar-refractivity contribution is 7.98. The minimum atomic E-state index is -4.26. The van der Waals surface area contributed by atoms with Gasteiger partial charge in [-0.25, -0.2) is 16.8 Å². The Balaban J connectivity index is 1.84. The molecule has 0 amide bonds. The average Bonchev–Trinajstić information content (AvgIpc) is 2.87. The Kier molecular flexibility index (Phi) is 6.52. The van der Waals surface area contributed by atoms with Gasteiger partial charge in [-0.3, -0.25) is 8.61 Å². The van der Waals surface area contributed by atoms with Gasteiger partial charge in [0, 0.05) is 30.1 Å². The summed E-state index contributed by atoms with van der Waals surface area (Å²) in [6.45, 7) is 3.65. The van der Waals surface area contributed by atoms with E-state index in [0.29, 0.717) is 35.3 Å². The van der Waals surface area contributed by atoms with Crippen molar-refractivity contribution in [1.29, 1.82) is 0 Å². The van der Waals surface area contributed by atoms with Gasteiger partial charge in [-0.1, -0.05) is 37.5 Å². The first-order valence-electron chi connectivity index (χ1n) is 12.8. The number of phenols is 1. The summed E-state index contributed by atoms with van der Waals surface area (Å²) in [5, 5.41) is 22.2. The molecular formula is C27H32N2O6S2. The first-order chi connectivity index (χ1) is 17.6. The van der Waals surface area contributed by atoms with Crippen LogP contribution in [0.4, 0.5) is 11.4 Å². The summed E-state index contributed by atoms with van der Waals surface area (Å²) in [6, 6.07) is 11.4. The van der Waals surface area contributed by atoms with Crippen molar-refractivity contribution in [3.8, 4) is 5.75 Å². The second kappa shape index (κ2) is 9.40. The quantitative estimate of drug-likeness (QED) is 0.535. The van der Waals surface area contributed by atoms with Crippen molar-refractivity contribution in [2.75, 3.05) is 21.7 Å². The third-order valence-corrected chi connectivity index (χ3v) is 11.8. The number of phenolic OH excluding ortho intramolecular Hbond substituents is 1. The highest BCUT2D eigenvalue weighted by atomic mass is 32.2. The SMILES string of the molecule is CCN1c2ccccc2C(O)=C(C(C2=Cc3c(O)cccc3N(CC)S2(=O)=O)C2CCCCC2)S1(=O)=O. The van der Waals surface area contributed by atoms with E-state index in [-0.39, 0.29) is 34.6 Å². The second-order valence-corrected chi connectivity index (χ2v) is 13.4. The largest absolute Gasteiger partial charge is 0.507 e. The van der Waals surface area contributed by atoms with Crippen LogP contribution < -0.4 is 8.61 Å². The smallest absolute Gasteiger partial charge is 0.264 e. The molecule has 10 heteroatoms. The molecule has 0 saturated heterocycles. The standard InChI is InChI=1S/C27H32N2O6S2/c1-3-28-22-15-10-16-23(30)20(22)17-24(36(28,32)33)25(18-11-6-5-7-12-18)27-26(31)19-13-8-9-14-21(19)29(4-2)37(27,34)35/h8-10,13-18,25,30-31H,3-7,11-12H2,1-2H3. The predicted molar refractivity (Wildman–Crippen MR) is 146 cm³/mol. The maximum Gasteiger partial charge on any atom is 0.264 e. The number of allylic oxidation sites excluding steroid dienone is 2. The van der Waals surface area contributed by atoms with Crippen LogP contribution in [-0.4, -0.2) is 40.1 Å². The van der Waals surface area contributed by atoms with Gasteiger partial charge in [0.05, 0.1) is 16.3 Å². The molecule has 1 fully saturated rings. The molecule has 2 N–H and O–H groups in total. The third-order valence-electron chi connectivity index (χ3n) is 7.72. The number of hydrogen-bond acceptors (Lipinski definition) is 6. The van der Waals surface area contributed by atoms with Crippen LogP contribution in [0.2, 0.25) is 0 Å². The third kappa shape index (κ3) is 3.92. The van der Waals surface area contributed by atoms with Gasteiger partial charge in [-0.15, -0.1) is 0 Å². The molecule has 0 spiro atoms. The Morgan fingerprint density at radius 1 is 0.838 bits per heavy atom. The zero-order chi connectivity index (χ0) is 26.5. The number of anilines is 2. The van der Waals surface area contributed by atoms with E-state index in [9.17, 15) is 27.0 Å². The Morgan fingerprint density at radius 2 is 1.46 bits per heavy atom. The van der Waals surface area contributed by atoms with Gasteiger partial charge in [-0.05, 0) is 62.9 Å². The summed E-state index contributed by atoms with van der Waals surface area (Å²) in [4.78, 5) is -0.375. The van der Waals surface area contributed by atoms with Gasteiger partial charge < -0.3 is 10.2 Å². The summed E-state index contributed by atoms with van der Waals surface area (Å²) in [5.74, 6) is -1.90. The van der Waals surface area contributed by atoms with Gasteiger partial charge in [0.25, 0.3) is 20.0 Å². The maximum atomic E-state index is 14.1. The summed E-state index contributed by atoms with van der Waals surface area (Å²) in [6.07, 6.45) is 5.36.